The first kappa shape index (κ1) is 13.6. The molecule has 0 spiro atoms. The van der Waals surface area contributed by atoms with Gasteiger partial charge in [-0.2, -0.15) is 0 Å². The van der Waals surface area contributed by atoms with Crippen LogP contribution in [0.5, 0.6) is 0 Å². The number of pyridine rings is 1. The molecule has 2 aromatic rings. The Morgan fingerprint density at radius 3 is 2.68 bits per heavy atom. The van der Waals surface area contributed by atoms with Crippen LogP contribution in [0.15, 0.2) is 48.8 Å². The van der Waals surface area contributed by atoms with Gasteiger partial charge in [0.1, 0.15) is 0 Å². The Morgan fingerprint density at radius 2 is 2.05 bits per heavy atom. The molecule has 1 aromatic carbocycles. The van der Waals surface area contributed by atoms with Crippen LogP contribution in [0.1, 0.15) is 19.4 Å². The van der Waals surface area contributed by atoms with Gasteiger partial charge in [-0.15, -0.1) is 0 Å². The molecule has 19 heavy (non-hydrogen) atoms. The topological polar surface area (TPSA) is 42.0 Å². The number of aromatic nitrogens is 1. The third kappa shape index (κ3) is 3.12. The summed E-state index contributed by atoms with van der Waals surface area (Å²) < 4.78 is 0. The van der Waals surface area contributed by atoms with Gasteiger partial charge in [0.05, 0.1) is 17.3 Å². The molecule has 2 rings (SSSR count). The van der Waals surface area contributed by atoms with E-state index in [9.17, 15) is 4.79 Å². The Labute approximate surface area is 117 Å². The zero-order valence-electron chi connectivity index (χ0n) is 10.9. The number of hydrogen-bond donors (Lipinski definition) is 1. The van der Waals surface area contributed by atoms with Crippen LogP contribution in [0, 0.1) is 0 Å². The van der Waals surface area contributed by atoms with Crippen molar-refractivity contribution in [3.63, 3.8) is 0 Å². The van der Waals surface area contributed by atoms with E-state index in [1.807, 2.05) is 32.0 Å². The molecule has 98 valence electrons. The maximum absolute atomic E-state index is 12.4. The molecule has 0 aliphatic rings. The van der Waals surface area contributed by atoms with E-state index in [4.69, 9.17) is 11.6 Å². The summed E-state index contributed by atoms with van der Waals surface area (Å²) in [4.78, 5) is 16.3. The van der Waals surface area contributed by atoms with Crippen LogP contribution in [0.2, 0.25) is 5.02 Å². The highest BCUT2D eigenvalue weighted by Crippen LogP contribution is 2.27. The molecule has 0 saturated heterocycles. The third-order valence-corrected chi connectivity index (χ3v) is 3.27. The first-order valence-electron chi connectivity index (χ1n) is 5.97. The monoisotopic (exact) mass is 274 g/mol. The zero-order valence-corrected chi connectivity index (χ0v) is 11.6. The summed E-state index contributed by atoms with van der Waals surface area (Å²) in [5.74, 6) is -0.0947. The largest absolute Gasteiger partial charge is 0.324 e. The smallest absolute Gasteiger partial charge is 0.234 e. The first-order valence-corrected chi connectivity index (χ1v) is 6.35. The summed E-state index contributed by atoms with van der Waals surface area (Å²) in [6.07, 6.45) is 3.28. The molecule has 0 fully saturated rings. The molecule has 1 heterocycles. The van der Waals surface area contributed by atoms with Crippen LogP contribution in [-0.2, 0) is 10.2 Å². The van der Waals surface area contributed by atoms with Crippen molar-refractivity contribution in [3.05, 3.63) is 59.4 Å². The minimum atomic E-state index is -0.666. The standard InChI is InChI=1S/C15H15ClN2O/c1-15(2,11-5-3-6-12(16)9-11)14(19)18-13-7-4-8-17-10-13/h3-10H,1-2H3,(H,18,19). The van der Waals surface area contributed by atoms with E-state index in [0.29, 0.717) is 10.7 Å². The number of benzene rings is 1. The molecule has 1 amide bonds. The number of rotatable bonds is 3. The molecule has 1 aromatic heterocycles. The first-order chi connectivity index (χ1) is 9.00. The number of hydrogen-bond acceptors (Lipinski definition) is 2. The van der Waals surface area contributed by atoms with E-state index in [1.54, 1.807) is 30.6 Å². The second-order valence-electron chi connectivity index (χ2n) is 4.83. The van der Waals surface area contributed by atoms with Gasteiger partial charge in [0, 0.05) is 11.2 Å². The van der Waals surface area contributed by atoms with Crippen molar-refractivity contribution in [1.29, 1.82) is 0 Å². The molecule has 0 saturated carbocycles. The lowest BCUT2D eigenvalue weighted by Gasteiger charge is -2.24. The van der Waals surface area contributed by atoms with Gasteiger partial charge in [-0.25, -0.2) is 0 Å². The Bertz CT molecular complexity index is 582. The molecule has 0 bridgehead atoms. The summed E-state index contributed by atoms with van der Waals surface area (Å²) >= 11 is 5.97. The maximum Gasteiger partial charge on any atom is 0.234 e. The summed E-state index contributed by atoms with van der Waals surface area (Å²) in [7, 11) is 0. The Hall–Kier alpha value is -1.87. The molecule has 3 nitrogen and oxygen atoms in total. The van der Waals surface area contributed by atoms with Gasteiger partial charge in [0.15, 0.2) is 0 Å². The van der Waals surface area contributed by atoms with Gasteiger partial charge in [0.25, 0.3) is 0 Å². The molecule has 0 aliphatic heterocycles. The number of carbonyl (C=O) groups excluding carboxylic acids is 1. The fourth-order valence-electron chi connectivity index (χ4n) is 1.73. The highest BCUT2D eigenvalue weighted by Gasteiger charge is 2.29. The minimum absolute atomic E-state index is 0.0947. The second-order valence-corrected chi connectivity index (χ2v) is 5.27. The second kappa shape index (κ2) is 5.41. The fraction of sp³-hybridized carbons (Fsp3) is 0.200. The lowest BCUT2D eigenvalue weighted by atomic mass is 9.83. The highest BCUT2D eigenvalue weighted by molar-refractivity contribution is 6.30. The van der Waals surface area contributed by atoms with Crippen molar-refractivity contribution in [2.45, 2.75) is 19.3 Å². The van der Waals surface area contributed by atoms with Gasteiger partial charge in [-0.3, -0.25) is 9.78 Å². The van der Waals surface area contributed by atoms with E-state index >= 15 is 0 Å². The van der Waals surface area contributed by atoms with Gasteiger partial charge in [-0.05, 0) is 43.7 Å². The number of anilines is 1. The maximum atomic E-state index is 12.4. The minimum Gasteiger partial charge on any atom is -0.324 e. The quantitative estimate of drug-likeness (QED) is 0.928. The fourth-order valence-corrected chi connectivity index (χ4v) is 1.92. The molecule has 0 unspecified atom stereocenters. The number of nitrogens with zero attached hydrogens (tertiary/aromatic N) is 1. The van der Waals surface area contributed by atoms with Crippen LogP contribution in [0.25, 0.3) is 0 Å². The van der Waals surface area contributed by atoms with Gasteiger partial charge in [-0.1, -0.05) is 23.7 Å². The summed E-state index contributed by atoms with van der Waals surface area (Å²) in [6.45, 7) is 3.73. The summed E-state index contributed by atoms with van der Waals surface area (Å²) in [6, 6.07) is 10.9. The van der Waals surface area contributed by atoms with Gasteiger partial charge < -0.3 is 5.32 Å². The number of carbonyl (C=O) groups is 1. The predicted octanol–water partition coefficient (Wildman–Crippen LogP) is 3.65. The average molecular weight is 275 g/mol. The van der Waals surface area contributed by atoms with Crippen molar-refractivity contribution >= 4 is 23.2 Å². The number of amides is 1. The number of nitrogens with one attached hydrogen (secondary N) is 1. The molecule has 0 radical (unpaired) electrons. The van der Waals surface area contributed by atoms with Crippen molar-refractivity contribution in [2.24, 2.45) is 0 Å². The van der Waals surface area contributed by atoms with E-state index < -0.39 is 5.41 Å². The van der Waals surface area contributed by atoms with E-state index in [1.165, 1.54) is 0 Å². The lowest BCUT2D eigenvalue weighted by molar-refractivity contribution is -0.120. The van der Waals surface area contributed by atoms with Crippen molar-refractivity contribution in [2.75, 3.05) is 5.32 Å². The van der Waals surface area contributed by atoms with Crippen LogP contribution in [0.4, 0.5) is 5.69 Å². The predicted molar refractivity (Wildman–Crippen MR) is 77.3 cm³/mol. The lowest BCUT2D eigenvalue weighted by Crippen LogP contribution is -2.34. The van der Waals surface area contributed by atoms with Crippen LogP contribution in [0.3, 0.4) is 0 Å². The third-order valence-electron chi connectivity index (χ3n) is 3.03. The van der Waals surface area contributed by atoms with Crippen LogP contribution in [-0.4, -0.2) is 10.9 Å². The van der Waals surface area contributed by atoms with Crippen LogP contribution >= 0.6 is 11.6 Å². The molecule has 0 aliphatic carbocycles. The molecule has 1 N–H and O–H groups in total. The van der Waals surface area contributed by atoms with Gasteiger partial charge in [0.2, 0.25) is 5.91 Å². The molecular formula is C15H15ClN2O. The summed E-state index contributed by atoms with van der Waals surface area (Å²) in [5.41, 5.74) is 0.893. The zero-order chi connectivity index (χ0) is 13.9. The van der Waals surface area contributed by atoms with E-state index in [-0.39, 0.29) is 5.91 Å². The van der Waals surface area contributed by atoms with Crippen molar-refractivity contribution in [3.8, 4) is 0 Å². The van der Waals surface area contributed by atoms with Crippen LogP contribution < -0.4 is 5.32 Å². The number of halogens is 1. The molecule has 0 atom stereocenters. The van der Waals surface area contributed by atoms with E-state index in [2.05, 4.69) is 10.3 Å². The van der Waals surface area contributed by atoms with Gasteiger partial charge >= 0.3 is 0 Å². The van der Waals surface area contributed by atoms with Crippen molar-refractivity contribution in [1.82, 2.24) is 4.98 Å². The Balaban J connectivity index is 2.22. The highest BCUT2D eigenvalue weighted by atomic mass is 35.5. The summed E-state index contributed by atoms with van der Waals surface area (Å²) in [5, 5.41) is 3.48. The molecule has 4 heteroatoms. The Morgan fingerprint density at radius 1 is 1.26 bits per heavy atom. The normalized spacial score (nSPS) is 11.1. The molecular weight excluding hydrogens is 260 g/mol. The van der Waals surface area contributed by atoms with Crippen molar-refractivity contribution < 1.29 is 4.79 Å². The Kier molecular flexibility index (Phi) is 3.86. The van der Waals surface area contributed by atoms with E-state index in [0.717, 1.165) is 5.56 Å². The SMILES string of the molecule is CC(C)(C(=O)Nc1cccnc1)c1cccc(Cl)c1. The average Bonchev–Trinajstić information content (AvgIpc) is 2.40.